The van der Waals surface area contributed by atoms with Gasteiger partial charge in [-0.15, -0.1) is 0 Å². The molecule has 0 radical (unpaired) electrons. The van der Waals surface area contributed by atoms with Crippen molar-refractivity contribution in [3.63, 3.8) is 0 Å². The Morgan fingerprint density at radius 1 is 1.35 bits per heavy atom. The van der Waals surface area contributed by atoms with Crippen molar-refractivity contribution in [3.05, 3.63) is 6.33 Å². The number of nitrogens with zero attached hydrogens (tertiary/aromatic N) is 5. The summed E-state index contributed by atoms with van der Waals surface area (Å²) in [5.74, 6) is 2.16. The van der Waals surface area contributed by atoms with Gasteiger partial charge in [-0.2, -0.15) is 9.97 Å². The van der Waals surface area contributed by atoms with Crippen LogP contribution in [0.25, 0.3) is 11.2 Å². The number of aromatic nitrogens is 4. The maximum absolute atomic E-state index is 4.62. The normalized spacial score (nSPS) is 22.9. The van der Waals surface area contributed by atoms with Gasteiger partial charge in [-0.25, -0.2) is 4.98 Å². The molecule has 20 heavy (non-hydrogen) atoms. The lowest BCUT2D eigenvalue weighted by molar-refractivity contribution is 0.266. The largest absolute Gasteiger partial charge is 0.357 e. The highest BCUT2D eigenvalue weighted by Crippen LogP contribution is 2.29. The third kappa shape index (κ3) is 2.07. The molecule has 1 aliphatic heterocycles. The summed E-state index contributed by atoms with van der Waals surface area (Å²) in [6.07, 6.45) is 1.67. The first-order valence-electron chi connectivity index (χ1n) is 6.90. The number of hydrogen-bond donors (Lipinski definition) is 2. The fourth-order valence-corrected chi connectivity index (χ4v) is 2.95. The number of hydrogen-bond acceptors (Lipinski definition) is 6. The van der Waals surface area contributed by atoms with Gasteiger partial charge in [-0.1, -0.05) is 6.92 Å². The van der Waals surface area contributed by atoms with Crippen molar-refractivity contribution in [2.45, 2.75) is 13.0 Å². The van der Waals surface area contributed by atoms with Crippen LogP contribution in [0.2, 0.25) is 0 Å². The van der Waals surface area contributed by atoms with Gasteiger partial charge in [0.05, 0.1) is 6.33 Å². The zero-order valence-electron chi connectivity index (χ0n) is 12.4. The summed E-state index contributed by atoms with van der Waals surface area (Å²) >= 11 is 0. The van der Waals surface area contributed by atoms with E-state index in [4.69, 9.17) is 0 Å². The summed E-state index contributed by atoms with van der Waals surface area (Å²) in [5.41, 5.74) is 1.62. The molecule has 0 amide bonds. The molecule has 0 spiro atoms. The van der Waals surface area contributed by atoms with Gasteiger partial charge in [0, 0.05) is 26.2 Å². The van der Waals surface area contributed by atoms with Gasteiger partial charge in [0.25, 0.3) is 0 Å². The van der Waals surface area contributed by atoms with Crippen molar-refractivity contribution in [2.24, 2.45) is 5.92 Å². The van der Waals surface area contributed by atoms with Crippen LogP contribution < -0.4 is 10.2 Å². The standard InChI is InChI=1S/C13H21N7/c1-8-5-20(6-9(8)19(3)4)12-10-11(16-7-15-10)17-13(14-2)18-12/h7-9H,5-6H2,1-4H3,(H2,14,15,16,17,18). The number of anilines is 2. The van der Waals surface area contributed by atoms with E-state index in [0.717, 1.165) is 24.4 Å². The second-order valence-corrected chi connectivity index (χ2v) is 5.64. The molecule has 1 saturated heterocycles. The average Bonchev–Trinajstić information content (AvgIpc) is 3.03. The third-order valence-electron chi connectivity index (χ3n) is 4.03. The van der Waals surface area contributed by atoms with Gasteiger partial charge in [0.15, 0.2) is 11.5 Å². The molecular weight excluding hydrogens is 254 g/mol. The van der Waals surface area contributed by atoms with Crippen LogP contribution in [0.4, 0.5) is 11.8 Å². The van der Waals surface area contributed by atoms with Crippen molar-refractivity contribution >= 4 is 22.9 Å². The molecule has 2 unspecified atom stereocenters. The molecule has 0 aliphatic carbocycles. The molecule has 0 bridgehead atoms. The summed E-state index contributed by atoms with van der Waals surface area (Å²) < 4.78 is 0. The minimum atomic E-state index is 0.543. The van der Waals surface area contributed by atoms with Gasteiger partial charge in [0.1, 0.15) is 5.52 Å². The number of fused-ring (bicyclic) bond motifs is 1. The summed E-state index contributed by atoms with van der Waals surface area (Å²) in [6, 6.07) is 0.543. The minimum Gasteiger partial charge on any atom is -0.357 e. The van der Waals surface area contributed by atoms with E-state index in [1.807, 2.05) is 7.05 Å². The Kier molecular flexibility index (Phi) is 3.21. The molecule has 108 valence electrons. The van der Waals surface area contributed by atoms with E-state index in [1.165, 1.54) is 0 Å². The fourth-order valence-electron chi connectivity index (χ4n) is 2.95. The summed E-state index contributed by atoms with van der Waals surface area (Å²) in [4.78, 5) is 21.0. The lowest BCUT2D eigenvalue weighted by atomic mass is 10.1. The highest BCUT2D eigenvalue weighted by molar-refractivity contribution is 5.84. The molecule has 3 heterocycles. The Morgan fingerprint density at radius 2 is 2.15 bits per heavy atom. The maximum Gasteiger partial charge on any atom is 0.226 e. The van der Waals surface area contributed by atoms with E-state index < -0.39 is 0 Å². The topological polar surface area (TPSA) is 73.0 Å². The number of H-pyrrole nitrogens is 1. The van der Waals surface area contributed by atoms with E-state index in [-0.39, 0.29) is 0 Å². The van der Waals surface area contributed by atoms with Gasteiger partial charge in [-0.05, 0) is 20.0 Å². The second-order valence-electron chi connectivity index (χ2n) is 5.64. The van der Waals surface area contributed by atoms with Gasteiger partial charge < -0.3 is 20.1 Å². The van der Waals surface area contributed by atoms with Crippen LogP contribution in [-0.2, 0) is 0 Å². The van der Waals surface area contributed by atoms with Crippen LogP contribution in [-0.4, -0.2) is 65.1 Å². The van der Waals surface area contributed by atoms with Crippen LogP contribution in [0.5, 0.6) is 0 Å². The number of rotatable bonds is 3. The lowest BCUT2D eigenvalue weighted by Gasteiger charge is -2.22. The van der Waals surface area contributed by atoms with E-state index in [1.54, 1.807) is 6.33 Å². The van der Waals surface area contributed by atoms with Crippen molar-refractivity contribution in [2.75, 3.05) is 44.4 Å². The first-order chi connectivity index (χ1) is 9.60. The number of likely N-dealkylation sites (N-methyl/N-ethyl adjacent to an activating group) is 1. The van der Waals surface area contributed by atoms with Crippen LogP contribution in [0.1, 0.15) is 6.92 Å². The monoisotopic (exact) mass is 275 g/mol. The average molecular weight is 275 g/mol. The first-order valence-corrected chi connectivity index (χ1v) is 6.90. The Hall–Kier alpha value is -1.89. The SMILES string of the molecule is CNc1nc(N2CC(C)C(N(C)C)C2)c2[nH]cnc2n1. The van der Waals surface area contributed by atoms with E-state index >= 15 is 0 Å². The lowest BCUT2D eigenvalue weighted by Crippen LogP contribution is -2.34. The van der Waals surface area contributed by atoms with Crippen LogP contribution in [0, 0.1) is 5.92 Å². The predicted octanol–water partition coefficient (Wildman–Crippen LogP) is 0.781. The van der Waals surface area contributed by atoms with Crippen molar-refractivity contribution in [1.29, 1.82) is 0 Å². The molecule has 1 aliphatic rings. The molecular formula is C13H21N7. The van der Waals surface area contributed by atoms with E-state index in [9.17, 15) is 0 Å². The maximum atomic E-state index is 4.62. The van der Waals surface area contributed by atoms with Crippen LogP contribution in [0.15, 0.2) is 6.33 Å². The fraction of sp³-hybridized carbons (Fsp3) is 0.615. The zero-order valence-corrected chi connectivity index (χ0v) is 12.4. The van der Waals surface area contributed by atoms with Crippen LogP contribution in [0.3, 0.4) is 0 Å². The molecule has 0 saturated carbocycles. The quantitative estimate of drug-likeness (QED) is 0.862. The summed E-state index contributed by atoms with van der Waals surface area (Å²) in [6.45, 7) is 4.26. The molecule has 2 atom stereocenters. The molecule has 2 aromatic heterocycles. The minimum absolute atomic E-state index is 0.543. The molecule has 7 heteroatoms. The Balaban J connectivity index is 2.00. The van der Waals surface area contributed by atoms with Crippen LogP contribution >= 0.6 is 0 Å². The third-order valence-corrected chi connectivity index (χ3v) is 4.03. The Morgan fingerprint density at radius 3 is 2.80 bits per heavy atom. The van der Waals surface area contributed by atoms with Crippen molar-refractivity contribution in [1.82, 2.24) is 24.8 Å². The number of aromatic amines is 1. The molecule has 2 N–H and O–H groups in total. The van der Waals surface area contributed by atoms with E-state index in [2.05, 4.69) is 56.1 Å². The molecule has 2 aromatic rings. The van der Waals surface area contributed by atoms with Crippen molar-refractivity contribution < 1.29 is 0 Å². The highest BCUT2D eigenvalue weighted by atomic mass is 15.3. The first kappa shape index (κ1) is 13.1. The molecule has 1 fully saturated rings. The summed E-state index contributed by atoms with van der Waals surface area (Å²) in [7, 11) is 6.09. The van der Waals surface area contributed by atoms with Crippen molar-refractivity contribution in [3.8, 4) is 0 Å². The number of nitrogens with one attached hydrogen (secondary N) is 2. The predicted molar refractivity (Wildman–Crippen MR) is 80.1 cm³/mol. The number of imidazole rings is 1. The second kappa shape index (κ2) is 4.90. The molecule has 7 nitrogen and oxygen atoms in total. The molecule has 0 aromatic carbocycles. The Labute approximate surface area is 118 Å². The molecule has 3 rings (SSSR count). The Bertz CT molecular complexity index is 606. The highest BCUT2D eigenvalue weighted by Gasteiger charge is 2.33. The smallest absolute Gasteiger partial charge is 0.226 e. The summed E-state index contributed by atoms with van der Waals surface area (Å²) in [5, 5.41) is 3.00. The van der Waals surface area contributed by atoms with Gasteiger partial charge in [-0.3, -0.25) is 0 Å². The van der Waals surface area contributed by atoms with Gasteiger partial charge in [0.2, 0.25) is 5.95 Å². The van der Waals surface area contributed by atoms with Gasteiger partial charge >= 0.3 is 0 Å². The zero-order chi connectivity index (χ0) is 14.3. The van der Waals surface area contributed by atoms with E-state index in [0.29, 0.717) is 23.6 Å².